The average molecular weight is 667 g/mol. The second-order valence-corrected chi connectivity index (χ2v) is 9.07. The first-order chi connectivity index (χ1) is 18.3. The molecule has 0 aliphatic heterocycles. The van der Waals surface area contributed by atoms with E-state index in [1.54, 1.807) is 0 Å². The summed E-state index contributed by atoms with van der Waals surface area (Å²) in [6.45, 7) is 0. The maximum atomic E-state index is 5.04. The molecular formula is C34H21N3Pt. The van der Waals surface area contributed by atoms with Crippen molar-refractivity contribution in [3.05, 3.63) is 144 Å². The van der Waals surface area contributed by atoms with E-state index in [2.05, 4.69) is 101 Å². The Kier molecular flexibility index (Phi) is 6.45. The van der Waals surface area contributed by atoms with Gasteiger partial charge in [0.1, 0.15) is 0 Å². The molecule has 0 saturated heterocycles. The summed E-state index contributed by atoms with van der Waals surface area (Å²) < 4.78 is 0. The van der Waals surface area contributed by atoms with E-state index in [0.29, 0.717) is 0 Å². The molecule has 4 aromatic carbocycles. The molecule has 3 heterocycles. The van der Waals surface area contributed by atoms with Crippen LogP contribution in [0.3, 0.4) is 0 Å². The van der Waals surface area contributed by atoms with E-state index in [-0.39, 0.29) is 21.1 Å². The van der Waals surface area contributed by atoms with Gasteiger partial charge in [-0.25, -0.2) is 0 Å². The van der Waals surface area contributed by atoms with Crippen molar-refractivity contribution in [2.75, 3.05) is 0 Å². The molecule has 0 radical (unpaired) electrons. The summed E-state index contributed by atoms with van der Waals surface area (Å²) in [7, 11) is 0. The molecule has 0 bridgehead atoms. The van der Waals surface area contributed by atoms with Crippen molar-refractivity contribution in [1.29, 1.82) is 0 Å². The van der Waals surface area contributed by atoms with Crippen LogP contribution in [0, 0.1) is 6.07 Å². The van der Waals surface area contributed by atoms with Crippen LogP contribution >= 0.6 is 0 Å². The Morgan fingerprint density at radius 2 is 1.29 bits per heavy atom. The van der Waals surface area contributed by atoms with Crippen molar-refractivity contribution in [2.24, 2.45) is 0 Å². The van der Waals surface area contributed by atoms with Gasteiger partial charge in [-0.3, -0.25) is 9.97 Å². The summed E-state index contributed by atoms with van der Waals surface area (Å²) in [5.41, 5.74) is 3.75. The van der Waals surface area contributed by atoms with Crippen LogP contribution in [-0.2, 0) is 21.1 Å². The van der Waals surface area contributed by atoms with E-state index in [1.165, 1.54) is 10.8 Å². The molecule has 7 rings (SSSR count). The minimum Gasteiger partial charge on any atom is -0.663 e. The topological polar surface area (TPSA) is 39.9 Å². The molecule has 0 atom stereocenters. The van der Waals surface area contributed by atoms with Crippen molar-refractivity contribution in [3.8, 4) is 11.3 Å². The predicted molar refractivity (Wildman–Crippen MR) is 151 cm³/mol. The molecule has 0 fully saturated rings. The van der Waals surface area contributed by atoms with E-state index in [1.807, 2.05) is 42.7 Å². The molecule has 0 aliphatic rings. The van der Waals surface area contributed by atoms with E-state index >= 15 is 0 Å². The van der Waals surface area contributed by atoms with Gasteiger partial charge in [-0.2, -0.15) is 5.35 Å². The van der Waals surface area contributed by atoms with Crippen LogP contribution in [-0.4, -0.2) is 9.97 Å². The van der Waals surface area contributed by atoms with Crippen LogP contribution in [0.4, 0.5) is 0 Å². The van der Waals surface area contributed by atoms with Gasteiger partial charge < -0.3 is 4.98 Å². The van der Waals surface area contributed by atoms with Gasteiger partial charge in [0.25, 0.3) is 0 Å². The Morgan fingerprint density at radius 1 is 0.605 bits per heavy atom. The summed E-state index contributed by atoms with van der Waals surface area (Å²) in [6.07, 6.45) is 7.96. The monoisotopic (exact) mass is 666 g/mol. The summed E-state index contributed by atoms with van der Waals surface area (Å²) >= 11 is 0. The Labute approximate surface area is 234 Å². The molecule has 0 spiro atoms. The minimum atomic E-state index is 0. The number of hydrogen-bond donors (Lipinski definition) is 0. The molecule has 7 aromatic rings. The van der Waals surface area contributed by atoms with Crippen molar-refractivity contribution in [1.82, 2.24) is 15.0 Å². The Morgan fingerprint density at radius 3 is 2.11 bits per heavy atom. The minimum absolute atomic E-state index is 0. The second kappa shape index (κ2) is 10.2. The molecule has 0 unspecified atom stereocenters. The van der Waals surface area contributed by atoms with Gasteiger partial charge in [0, 0.05) is 23.5 Å². The maximum absolute atomic E-state index is 5.04. The molecule has 0 saturated carbocycles. The normalized spacial score (nSPS) is 12.3. The zero-order valence-corrected chi connectivity index (χ0v) is 22.6. The first kappa shape index (κ1) is 24.0. The van der Waals surface area contributed by atoms with E-state index in [9.17, 15) is 0 Å². The summed E-state index contributed by atoms with van der Waals surface area (Å²) in [6, 6.07) is 38.8. The number of nitrogens with zero attached hydrogens (tertiary/aromatic N) is 3. The molecule has 0 amide bonds. The van der Waals surface area contributed by atoms with E-state index < -0.39 is 0 Å². The zero-order valence-electron chi connectivity index (χ0n) is 20.3. The fourth-order valence-corrected chi connectivity index (χ4v) is 4.89. The van der Waals surface area contributed by atoms with Crippen LogP contribution in [0.2, 0.25) is 0 Å². The molecule has 38 heavy (non-hydrogen) atoms. The predicted octanol–water partition coefficient (Wildman–Crippen LogP) is 6.02. The maximum Gasteiger partial charge on any atom is 2.00 e. The molecular weight excluding hydrogens is 645 g/mol. The summed E-state index contributed by atoms with van der Waals surface area (Å²) in [5, 5.41) is 8.63. The summed E-state index contributed by atoms with van der Waals surface area (Å²) in [5.74, 6) is 0. The smallest absolute Gasteiger partial charge is 0.663 e. The fraction of sp³-hybridized carbons (Fsp3) is 0. The van der Waals surface area contributed by atoms with Gasteiger partial charge in [-0.1, -0.05) is 84.4 Å². The van der Waals surface area contributed by atoms with E-state index in [0.717, 1.165) is 54.8 Å². The SMILES string of the molecule is [Pt+2].[c-]1c(/C=c2\[n-]/c(=C\c3nccc4ccccc34)c3ccccc23)cccc1-c1cc2ccccc2cn1. The fourth-order valence-electron chi connectivity index (χ4n) is 4.89. The summed E-state index contributed by atoms with van der Waals surface area (Å²) in [4.78, 5) is 14.4. The quantitative estimate of drug-likeness (QED) is 0.217. The van der Waals surface area contributed by atoms with Gasteiger partial charge in [0.05, 0.1) is 5.69 Å². The Balaban J connectivity index is 0.00000264. The second-order valence-electron chi connectivity index (χ2n) is 9.07. The molecule has 3 aromatic heterocycles. The number of benzene rings is 4. The standard InChI is InChI=1S/C34H21N3.Pt/c1-2-11-27-22-36-31(20-25(27)10-1)26-12-7-8-23(18-26)19-33-29-14-5-6-15-30(29)34(37-33)21-32-28-13-4-3-9-24(28)16-17-35-32;/h1-17,19-22H;/q-2;+2/b33-19-,34-21-;. The van der Waals surface area contributed by atoms with Crippen molar-refractivity contribution in [3.63, 3.8) is 0 Å². The molecule has 4 heteroatoms. The first-order valence-corrected chi connectivity index (χ1v) is 12.3. The third-order valence-corrected chi connectivity index (χ3v) is 6.71. The van der Waals surface area contributed by atoms with Crippen LogP contribution in [0.25, 0.3) is 55.7 Å². The molecule has 182 valence electrons. The van der Waals surface area contributed by atoms with Crippen molar-refractivity contribution < 1.29 is 21.1 Å². The Hall–Kier alpha value is -4.33. The van der Waals surface area contributed by atoms with Gasteiger partial charge in [-0.15, -0.1) is 41.3 Å². The number of aromatic nitrogens is 3. The van der Waals surface area contributed by atoms with E-state index in [4.69, 9.17) is 4.98 Å². The largest absolute Gasteiger partial charge is 2.00 e. The molecule has 0 N–H and O–H groups in total. The van der Waals surface area contributed by atoms with Gasteiger partial charge in [-0.05, 0) is 39.1 Å². The number of pyridine rings is 2. The van der Waals surface area contributed by atoms with Crippen LogP contribution < -0.4 is 15.7 Å². The van der Waals surface area contributed by atoms with Gasteiger partial charge in [0.15, 0.2) is 0 Å². The third-order valence-electron chi connectivity index (χ3n) is 6.71. The number of hydrogen-bond acceptors (Lipinski definition) is 2. The zero-order chi connectivity index (χ0) is 24.6. The van der Waals surface area contributed by atoms with Crippen LogP contribution in [0.5, 0.6) is 0 Å². The van der Waals surface area contributed by atoms with Crippen LogP contribution in [0.1, 0.15) is 11.3 Å². The third kappa shape index (κ3) is 4.47. The Bertz CT molecular complexity index is 2050. The molecule has 3 nitrogen and oxygen atoms in total. The first-order valence-electron chi connectivity index (χ1n) is 12.3. The average Bonchev–Trinajstić information content (AvgIpc) is 3.30. The van der Waals surface area contributed by atoms with Crippen molar-refractivity contribution in [2.45, 2.75) is 0 Å². The van der Waals surface area contributed by atoms with Crippen LogP contribution in [0.15, 0.2) is 116 Å². The number of rotatable bonds is 3. The molecule has 0 aliphatic carbocycles. The number of fused-ring (bicyclic) bond motifs is 3. The van der Waals surface area contributed by atoms with Gasteiger partial charge >= 0.3 is 21.1 Å². The van der Waals surface area contributed by atoms with Gasteiger partial charge in [0.2, 0.25) is 0 Å². The van der Waals surface area contributed by atoms with Crippen molar-refractivity contribution >= 4 is 44.5 Å².